The summed E-state index contributed by atoms with van der Waals surface area (Å²) in [5, 5.41) is 0. The molecule has 0 aliphatic heterocycles. The Morgan fingerprint density at radius 3 is 1.77 bits per heavy atom. The van der Waals surface area contributed by atoms with Crippen LogP contribution in [0.4, 0.5) is 0 Å². The zero-order valence-corrected chi connectivity index (χ0v) is 18.7. The van der Waals surface area contributed by atoms with Crippen LogP contribution in [0.25, 0.3) is 0 Å². The third kappa shape index (κ3) is 13.5. The highest BCUT2D eigenvalue weighted by molar-refractivity contribution is 5.75. The van der Waals surface area contributed by atoms with E-state index >= 15 is 0 Å². The van der Waals surface area contributed by atoms with Crippen molar-refractivity contribution < 1.29 is 9.53 Å². The molecule has 0 saturated carbocycles. The highest BCUT2D eigenvalue weighted by Crippen LogP contribution is 2.17. The summed E-state index contributed by atoms with van der Waals surface area (Å²) in [6.45, 7) is 4.19. The lowest BCUT2D eigenvalue weighted by molar-refractivity contribution is -0.139. The molecular formula is C28H38O2. The fourth-order valence-electron chi connectivity index (χ4n) is 2.84. The summed E-state index contributed by atoms with van der Waals surface area (Å²) in [6, 6.07) is 9.29. The SMILES string of the molecule is CC/C=C\C/C=C\C/C=C\C/C=C\C/C=C\CCC(CC)C(=O)Oc1ccccc1. The van der Waals surface area contributed by atoms with Gasteiger partial charge in [-0.25, -0.2) is 0 Å². The number of para-hydroxylation sites is 1. The quantitative estimate of drug-likeness (QED) is 0.167. The van der Waals surface area contributed by atoms with Crippen LogP contribution in [0.3, 0.4) is 0 Å². The van der Waals surface area contributed by atoms with Crippen LogP contribution in [-0.4, -0.2) is 5.97 Å². The first-order valence-corrected chi connectivity index (χ1v) is 11.3. The van der Waals surface area contributed by atoms with Gasteiger partial charge in [-0.3, -0.25) is 4.79 Å². The highest BCUT2D eigenvalue weighted by atomic mass is 16.5. The van der Waals surface area contributed by atoms with E-state index in [4.69, 9.17) is 4.74 Å². The summed E-state index contributed by atoms with van der Waals surface area (Å²) in [5.74, 6) is 0.444. The smallest absolute Gasteiger partial charge is 0.314 e. The minimum absolute atomic E-state index is 0.0488. The lowest BCUT2D eigenvalue weighted by Gasteiger charge is -2.12. The van der Waals surface area contributed by atoms with E-state index in [-0.39, 0.29) is 11.9 Å². The molecule has 2 heteroatoms. The van der Waals surface area contributed by atoms with Gasteiger partial charge in [0, 0.05) is 0 Å². The second-order valence-corrected chi connectivity index (χ2v) is 7.12. The fourth-order valence-corrected chi connectivity index (χ4v) is 2.84. The molecule has 0 radical (unpaired) electrons. The molecule has 1 rings (SSSR count). The van der Waals surface area contributed by atoms with Crippen molar-refractivity contribution in [3.8, 4) is 5.75 Å². The van der Waals surface area contributed by atoms with Gasteiger partial charge in [0.1, 0.15) is 5.75 Å². The number of rotatable bonds is 15. The number of esters is 1. The zero-order chi connectivity index (χ0) is 21.7. The molecule has 30 heavy (non-hydrogen) atoms. The maximum atomic E-state index is 12.3. The molecule has 162 valence electrons. The topological polar surface area (TPSA) is 26.3 Å². The predicted molar refractivity (Wildman–Crippen MR) is 130 cm³/mol. The first-order valence-electron chi connectivity index (χ1n) is 11.3. The molecule has 0 aromatic heterocycles. The van der Waals surface area contributed by atoms with Gasteiger partial charge < -0.3 is 4.74 Å². The number of benzene rings is 1. The number of ether oxygens (including phenoxy) is 1. The van der Waals surface area contributed by atoms with E-state index < -0.39 is 0 Å². The van der Waals surface area contributed by atoms with Gasteiger partial charge >= 0.3 is 5.97 Å². The molecule has 1 atom stereocenters. The molecule has 0 aliphatic carbocycles. The number of carbonyl (C=O) groups excluding carboxylic acids is 1. The molecule has 1 aromatic rings. The van der Waals surface area contributed by atoms with Crippen LogP contribution >= 0.6 is 0 Å². The van der Waals surface area contributed by atoms with Crippen molar-refractivity contribution in [3.63, 3.8) is 0 Å². The van der Waals surface area contributed by atoms with Crippen LogP contribution in [0.5, 0.6) is 5.75 Å². The van der Waals surface area contributed by atoms with Crippen LogP contribution in [0.1, 0.15) is 65.2 Å². The Morgan fingerprint density at radius 2 is 1.27 bits per heavy atom. The third-order valence-corrected chi connectivity index (χ3v) is 4.63. The van der Waals surface area contributed by atoms with E-state index in [0.717, 1.165) is 51.4 Å². The molecule has 1 aromatic carbocycles. The minimum Gasteiger partial charge on any atom is -0.426 e. The zero-order valence-electron chi connectivity index (χ0n) is 18.7. The molecule has 0 bridgehead atoms. The Morgan fingerprint density at radius 1 is 0.767 bits per heavy atom. The van der Waals surface area contributed by atoms with Crippen LogP contribution in [0.15, 0.2) is 91.1 Å². The van der Waals surface area contributed by atoms with Crippen LogP contribution in [-0.2, 0) is 4.79 Å². The largest absolute Gasteiger partial charge is 0.426 e. The summed E-state index contributed by atoms with van der Waals surface area (Å²) in [6.07, 6.45) is 29.5. The molecule has 0 saturated heterocycles. The average molecular weight is 407 g/mol. The monoisotopic (exact) mass is 406 g/mol. The summed E-state index contributed by atoms with van der Waals surface area (Å²) in [4.78, 5) is 12.3. The van der Waals surface area contributed by atoms with Gasteiger partial charge in [-0.1, -0.05) is 92.8 Å². The Labute approximate surface area is 183 Å². The maximum absolute atomic E-state index is 12.3. The standard InChI is InChI=1S/C28H38O2/c1-3-5-6-7-8-9-10-11-12-13-14-15-16-17-18-20-23-26(4-2)28(29)30-27-24-21-19-22-25-27/h5-6,8-9,11-12,14-15,17-19,21-22,24-26H,3-4,7,10,13,16,20,23H2,1-2H3/b6-5-,9-8-,12-11-,15-14-,18-17-. The van der Waals surface area contributed by atoms with Gasteiger partial charge in [-0.15, -0.1) is 0 Å². The first kappa shape index (κ1) is 25.4. The van der Waals surface area contributed by atoms with Gasteiger partial charge in [0.2, 0.25) is 0 Å². The summed E-state index contributed by atoms with van der Waals surface area (Å²) in [5.41, 5.74) is 0. The molecule has 0 amide bonds. The van der Waals surface area contributed by atoms with Crippen molar-refractivity contribution in [1.29, 1.82) is 0 Å². The van der Waals surface area contributed by atoms with Gasteiger partial charge in [0.25, 0.3) is 0 Å². The lowest BCUT2D eigenvalue weighted by Crippen LogP contribution is -2.19. The Kier molecular flexibility index (Phi) is 15.6. The molecule has 0 fully saturated rings. The predicted octanol–water partition coefficient (Wildman–Crippen LogP) is 8.15. The van der Waals surface area contributed by atoms with Crippen LogP contribution in [0.2, 0.25) is 0 Å². The molecule has 0 N–H and O–H groups in total. The van der Waals surface area contributed by atoms with Crippen LogP contribution in [0, 0.1) is 5.92 Å². The van der Waals surface area contributed by atoms with Gasteiger partial charge in [-0.05, 0) is 63.5 Å². The molecule has 2 nitrogen and oxygen atoms in total. The molecule has 0 heterocycles. The number of hydrogen-bond acceptors (Lipinski definition) is 2. The van der Waals surface area contributed by atoms with Crippen molar-refractivity contribution in [1.82, 2.24) is 0 Å². The van der Waals surface area contributed by atoms with E-state index in [1.807, 2.05) is 37.3 Å². The first-order chi connectivity index (χ1) is 14.8. The van der Waals surface area contributed by atoms with E-state index in [0.29, 0.717) is 5.75 Å². The molecule has 0 spiro atoms. The number of carbonyl (C=O) groups is 1. The van der Waals surface area contributed by atoms with Gasteiger partial charge in [0.15, 0.2) is 0 Å². The van der Waals surface area contributed by atoms with E-state index in [2.05, 4.69) is 67.7 Å². The third-order valence-electron chi connectivity index (χ3n) is 4.63. The van der Waals surface area contributed by atoms with Crippen molar-refractivity contribution >= 4 is 5.97 Å². The van der Waals surface area contributed by atoms with Crippen molar-refractivity contribution in [2.24, 2.45) is 5.92 Å². The Bertz CT molecular complexity index is 693. The summed E-state index contributed by atoms with van der Waals surface area (Å²) >= 11 is 0. The lowest BCUT2D eigenvalue weighted by atomic mass is 10.0. The van der Waals surface area contributed by atoms with Gasteiger partial charge in [0.05, 0.1) is 5.92 Å². The summed E-state index contributed by atoms with van der Waals surface area (Å²) in [7, 11) is 0. The normalized spacial score (nSPS) is 13.4. The van der Waals surface area contributed by atoms with E-state index in [1.54, 1.807) is 0 Å². The van der Waals surface area contributed by atoms with E-state index in [1.165, 1.54) is 0 Å². The second kappa shape index (κ2) is 18.4. The van der Waals surface area contributed by atoms with Crippen molar-refractivity contribution in [3.05, 3.63) is 91.1 Å². The Balaban J connectivity index is 2.12. The van der Waals surface area contributed by atoms with E-state index in [9.17, 15) is 4.79 Å². The number of hydrogen-bond donors (Lipinski definition) is 0. The van der Waals surface area contributed by atoms with Gasteiger partial charge in [-0.2, -0.15) is 0 Å². The average Bonchev–Trinajstić information content (AvgIpc) is 2.76. The van der Waals surface area contributed by atoms with Crippen LogP contribution < -0.4 is 4.74 Å². The molecule has 1 unspecified atom stereocenters. The summed E-state index contributed by atoms with van der Waals surface area (Å²) < 4.78 is 5.46. The van der Waals surface area contributed by atoms with Crippen molar-refractivity contribution in [2.45, 2.75) is 65.2 Å². The fraction of sp³-hybridized carbons (Fsp3) is 0.393. The number of allylic oxidation sites excluding steroid dienone is 10. The second-order valence-electron chi connectivity index (χ2n) is 7.12. The van der Waals surface area contributed by atoms with Crippen molar-refractivity contribution in [2.75, 3.05) is 0 Å². The minimum atomic E-state index is -0.129. The molecular weight excluding hydrogens is 368 g/mol. The molecule has 0 aliphatic rings. The Hall–Kier alpha value is -2.61. The maximum Gasteiger partial charge on any atom is 0.314 e. The highest BCUT2D eigenvalue weighted by Gasteiger charge is 2.17.